The molecular weight excluding hydrogens is 200 g/mol. The quantitative estimate of drug-likeness (QED) is 0.822. The molecule has 2 heteroatoms. The summed E-state index contributed by atoms with van der Waals surface area (Å²) in [7, 11) is 0. The zero-order valence-electron chi connectivity index (χ0n) is 10.5. The first-order chi connectivity index (χ1) is 7.43. The third-order valence-corrected chi connectivity index (χ3v) is 2.95. The van der Waals surface area contributed by atoms with E-state index in [0.29, 0.717) is 5.92 Å². The predicted molar refractivity (Wildman–Crippen MR) is 66.3 cm³/mol. The summed E-state index contributed by atoms with van der Waals surface area (Å²) in [5.41, 5.74) is 2.03. The minimum atomic E-state index is -0.791. The Kier molecular flexibility index (Phi) is 4.51. The summed E-state index contributed by atoms with van der Waals surface area (Å²) in [4.78, 5) is 0. The molecule has 1 aromatic rings. The molecule has 0 saturated carbocycles. The van der Waals surface area contributed by atoms with E-state index in [-0.39, 0.29) is 5.92 Å². The number of benzene rings is 1. The molecule has 0 aliphatic carbocycles. The van der Waals surface area contributed by atoms with Gasteiger partial charge in [-0.2, -0.15) is 0 Å². The van der Waals surface area contributed by atoms with Gasteiger partial charge in [-0.15, -0.1) is 0 Å². The van der Waals surface area contributed by atoms with E-state index >= 15 is 0 Å². The topological polar surface area (TPSA) is 40.5 Å². The maximum absolute atomic E-state index is 9.94. The van der Waals surface area contributed by atoms with Crippen LogP contribution < -0.4 is 0 Å². The van der Waals surface area contributed by atoms with Gasteiger partial charge in [-0.1, -0.05) is 52.0 Å². The molecule has 2 N–H and O–H groups in total. The largest absolute Gasteiger partial charge is 0.390 e. The van der Waals surface area contributed by atoms with Gasteiger partial charge in [0.25, 0.3) is 0 Å². The van der Waals surface area contributed by atoms with E-state index in [9.17, 15) is 10.2 Å². The molecule has 0 aliphatic rings. The zero-order valence-corrected chi connectivity index (χ0v) is 10.5. The van der Waals surface area contributed by atoms with E-state index < -0.39 is 12.2 Å². The van der Waals surface area contributed by atoms with Crippen molar-refractivity contribution in [3.05, 3.63) is 35.4 Å². The number of aliphatic hydroxyl groups excluding tert-OH is 2. The standard InChI is InChI=1S/C14H22O2/c1-9(2)11-5-7-12(8-6-11)14(16)13(15)10(3)4/h5-10,13-16H,1-4H3. The van der Waals surface area contributed by atoms with Gasteiger partial charge < -0.3 is 10.2 Å². The second kappa shape index (κ2) is 5.46. The fourth-order valence-corrected chi connectivity index (χ4v) is 1.64. The van der Waals surface area contributed by atoms with Crippen molar-refractivity contribution >= 4 is 0 Å². The van der Waals surface area contributed by atoms with Crippen molar-refractivity contribution in [2.24, 2.45) is 5.92 Å². The van der Waals surface area contributed by atoms with Crippen LogP contribution in [0.1, 0.15) is 50.8 Å². The maximum Gasteiger partial charge on any atom is 0.105 e. The summed E-state index contributed by atoms with van der Waals surface area (Å²) in [6.45, 7) is 8.07. The highest BCUT2D eigenvalue weighted by atomic mass is 16.3. The third kappa shape index (κ3) is 3.06. The lowest BCUT2D eigenvalue weighted by Gasteiger charge is -2.21. The summed E-state index contributed by atoms with van der Waals surface area (Å²) in [5.74, 6) is 0.543. The number of aliphatic hydroxyl groups is 2. The number of hydrogen-bond acceptors (Lipinski definition) is 2. The summed E-state index contributed by atoms with van der Waals surface area (Å²) in [6.07, 6.45) is -1.49. The smallest absolute Gasteiger partial charge is 0.105 e. The molecule has 2 unspecified atom stereocenters. The molecule has 1 rings (SSSR count). The van der Waals surface area contributed by atoms with Gasteiger partial charge >= 0.3 is 0 Å². The second-order valence-corrected chi connectivity index (χ2v) is 5.00. The minimum absolute atomic E-state index is 0.0553. The molecule has 0 heterocycles. The highest BCUT2D eigenvalue weighted by Gasteiger charge is 2.21. The second-order valence-electron chi connectivity index (χ2n) is 5.00. The molecule has 0 saturated heterocycles. The van der Waals surface area contributed by atoms with Gasteiger partial charge in [0.2, 0.25) is 0 Å². The lowest BCUT2D eigenvalue weighted by Crippen LogP contribution is -2.23. The SMILES string of the molecule is CC(C)c1ccc(C(O)C(O)C(C)C)cc1. The van der Waals surface area contributed by atoms with E-state index in [1.807, 2.05) is 38.1 Å². The van der Waals surface area contributed by atoms with Crippen LogP contribution in [0.5, 0.6) is 0 Å². The third-order valence-electron chi connectivity index (χ3n) is 2.95. The van der Waals surface area contributed by atoms with E-state index in [2.05, 4.69) is 13.8 Å². The van der Waals surface area contributed by atoms with Crippen molar-refractivity contribution in [3.8, 4) is 0 Å². The van der Waals surface area contributed by atoms with Crippen LogP contribution in [0.25, 0.3) is 0 Å². The van der Waals surface area contributed by atoms with Crippen LogP contribution in [0.2, 0.25) is 0 Å². The van der Waals surface area contributed by atoms with Crippen LogP contribution in [0, 0.1) is 5.92 Å². The molecule has 90 valence electrons. The summed E-state index contributed by atoms with van der Waals surface area (Å²) in [6, 6.07) is 7.81. The van der Waals surface area contributed by atoms with Gasteiger partial charge in [-0.25, -0.2) is 0 Å². The normalized spacial score (nSPS) is 15.5. The van der Waals surface area contributed by atoms with Crippen molar-refractivity contribution in [2.75, 3.05) is 0 Å². The Morgan fingerprint density at radius 1 is 0.812 bits per heavy atom. The zero-order chi connectivity index (χ0) is 12.3. The highest BCUT2D eigenvalue weighted by Crippen LogP contribution is 2.23. The average molecular weight is 222 g/mol. The number of hydrogen-bond donors (Lipinski definition) is 2. The first-order valence-electron chi connectivity index (χ1n) is 5.89. The van der Waals surface area contributed by atoms with Crippen LogP contribution in [0.15, 0.2) is 24.3 Å². The van der Waals surface area contributed by atoms with E-state index in [1.54, 1.807) is 0 Å². The minimum Gasteiger partial charge on any atom is -0.390 e. The van der Waals surface area contributed by atoms with E-state index in [1.165, 1.54) is 5.56 Å². The Balaban J connectivity index is 2.81. The molecule has 0 fully saturated rings. The molecule has 1 aromatic carbocycles. The van der Waals surface area contributed by atoms with Crippen molar-refractivity contribution in [3.63, 3.8) is 0 Å². The molecule has 0 aliphatic heterocycles. The van der Waals surface area contributed by atoms with Crippen molar-refractivity contribution in [1.29, 1.82) is 0 Å². The molecule has 2 nitrogen and oxygen atoms in total. The predicted octanol–water partition coefficient (Wildman–Crippen LogP) is 2.86. The first-order valence-corrected chi connectivity index (χ1v) is 5.89. The monoisotopic (exact) mass is 222 g/mol. The molecule has 2 atom stereocenters. The molecule has 0 spiro atoms. The lowest BCUT2D eigenvalue weighted by atomic mass is 9.94. The molecule has 0 amide bonds. The first kappa shape index (κ1) is 13.2. The van der Waals surface area contributed by atoms with Crippen molar-refractivity contribution in [2.45, 2.75) is 45.8 Å². The van der Waals surface area contributed by atoms with Crippen molar-refractivity contribution in [1.82, 2.24) is 0 Å². The summed E-state index contributed by atoms with van der Waals surface area (Å²) in [5, 5.41) is 19.7. The molecular formula is C14H22O2. The molecule has 0 aromatic heterocycles. The van der Waals surface area contributed by atoms with Gasteiger partial charge in [-0.05, 0) is 23.0 Å². The Morgan fingerprint density at radius 2 is 1.25 bits per heavy atom. The molecule has 0 radical (unpaired) electrons. The van der Waals surface area contributed by atoms with Gasteiger partial charge in [0, 0.05) is 0 Å². The fourth-order valence-electron chi connectivity index (χ4n) is 1.64. The summed E-state index contributed by atoms with van der Waals surface area (Å²) >= 11 is 0. The fraction of sp³-hybridized carbons (Fsp3) is 0.571. The highest BCUT2D eigenvalue weighted by molar-refractivity contribution is 5.26. The Labute approximate surface area is 97.9 Å². The number of rotatable bonds is 4. The van der Waals surface area contributed by atoms with Crippen LogP contribution in [0.4, 0.5) is 0 Å². The summed E-state index contributed by atoms with van der Waals surface area (Å²) < 4.78 is 0. The van der Waals surface area contributed by atoms with Crippen molar-refractivity contribution < 1.29 is 10.2 Å². The Hall–Kier alpha value is -0.860. The van der Waals surface area contributed by atoms with Gasteiger partial charge in [0.15, 0.2) is 0 Å². The molecule has 0 bridgehead atoms. The van der Waals surface area contributed by atoms with E-state index in [0.717, 1.165) is 5.56 Å². The van der Waals surface area contributed by atoms with Gasteiger partial charge in [0.1, 0.15) is 6.10 Å². The van der Waals surface area contributed by atoms with Crippen LogP contribution in [-0.2, 0) is 0 Å². The van der Waals surface area contributed by atoms with Gasteiger partial charge in [-0.3, -0.25) is 0 Å². The Bertz CT molecular complexity index is 314. The Morgan fingerprint density at radius 3 is 1.62 bits per heavy atom. The van der Waals surface area contributed by atoms with Crippen LogP contribution >= 0.6 is 0 Å². The maximum atomic E-state index is 9.94. The van der Waals surface area contributed by atoms with Crippen LogP contribution in [0.3, 0.4) is 0 Å². The molecule has 16 heavy (non-hydrogen) atoms. The van der Waals surface area contributed by atoms with E-state index in [4.69, 9.17) is 0 Å². The average Bonchev–Trinajstić information content (AvgIpc) is 2.27. The van der Waals surface area contributed by atoms with Crippen LogP contribution in [-0.4, -0.2) is 16.3 Å². The van der Waals surface area contributed by atoms with Gasteiger partial charge in [0.05, 0.1) is 6.10 Å². The lowest BCUT2D eigenvalue weighted by molar-refractivity contribution is -0.00940.